The Morgan fingerprint density at radius 3 is 2.47 bits per heavy atom. The number of hydrogen-bond donors (Lipinski definition) is 1. The molecule has 0 aromatic carbocycles. The Kier molecular flexibility index (Phi) is 6.53. The summed E-state index contributed by atoms with van der Waals surface area (Å²) in [6, 6.07) is 0.912. The van der Waals surface area contributed by atoms with Gasteiger partial charge in [-0.05, 0) is 19.8 Å². The molecule has 0 atom stereocenters. The number of aromatic nitrogens is 1. The molecule has 0 amide bonds. The second-order valence-corrected chi connectivity index (χ2v) is 4.48. The van der Waals surface area contributed by atoms with Crippen molar-refractivity contribution in [2.75, 3.05) is 29.9 Å². The molecule has 19 heavy (non-hydrogen) atoms. The smallest absolute Gasteiger partial charge is 0.168 e. The van der Waals surface area contributed by atoms with Crippen molar-refractivity contribution >= 4 is 11.6 Å². The number of anilines is 2. The number of nitrogens with zero attached hydrogens (tertiary/aromatic N) is 2. The molecule has 5 heteroatoms. The molecule has 0 fully saturated rings. The van der Waals surface area contributed by atoms with Gasteiger partial charge in [0.25, 0.3) is 0 Å². The second-order valence-electron chi connectivity index (χ2n) is 4.48. The van der Waals surface area contributed by atoms with E-state index in [-0.39, 0.29) is 11.6 Å². The van der Waals surface area contributed by atoms with E-state index in [1.807, 2.05) is 18.7 Å². The molecule has 0 aliphatic carbocycles. The Morgan fingerprint density at radius 2 is 1.89 bits per heavy atom. The van der Waals surface area contributed by atoms with Crippen molar-refractivity contribution in [2.45, 2.75) is 40.0 Å². The largest absolute Gasteiger partial charge is 0.368 e. The van der Waals surface area contributed by atoms with Crippen molar-refractivity contribution in [3.63, 3.8) is 0 Å². The minimum absolute atomic E-state index is 0.133. The number of rotatable bonds is 8. The van der Waals surface area contributed by atoms with Crippen LogP contribution in [0.5, 0.6) is 0 Å². The first-order valence-electron chi connectivity index (χ1n) is 6.98. The Balaban J connectivity index is 2.97. The summed E-state index contributed by atoms with van der Waals surface area (Å²) in [7, 11) is 0. The molecular formula is C14H23F2N3. The van der Waals surface area contributed by atoms with Crippen molar-refractivity contribution in [1.82, 2.24) is 4.98 Å². The minimum atomic E-state index is -0.638. The summed E-state index contributed by atoms with van der Waals surface area (Å²) >= 11 is 0. The Labute approximate surface area is 114 Å². The first-order chi connectivity index (χ1) is 9.13. The van der Waals surface area contributed by atoms with E-state index in [0.29, 0.717) is 13.1 Å². The molecule has 0 aliphatic heterocycles. The van der Waals surface area contributed by atoms with Gasteiger partial charge in [-0.2, -0.15) is 0 Å². The minimum Gasteiger partial charge on any atom is -0.368 e. The van der Waals surface area contributed by atoms with Crippen LogP contribution in [0.2, 0.25) is 0 Å². The lowest BCUT2D eigenvalue weighted by molar-refractivity contribution is 0.567. The molecule has 0 unspecified atom stereocenters. The third-order valence-corrected chi connectivity index (χ3v) is 2.92. The molecule has 1 N–H and O–H groups in total. The highest BCUT2D eigenvalue weighted by Gasteiger charge is 2.16. The molecule has 0 bridgehead atoms. The first kappa shape index (κ1) is 15.7. The zero-order valence-corrected chi connectivity index (χ0v) is 12.0. The lowest BCUT2D eigenvalue weighted by Gasteiger charge is -2.23. The van der Waals surface area contributed by atoms with Crippen molar-refractivity contribution < 1.29 is 8.78 Å². The maximum Gasteiger partial charge on any atom is 0.168 e. The predicted molar refractivity (Wildman–Crippen MR) is 75.7 cm³/mol. The van der Waals surface area contributed by atoms with Gasteiger partial charge >= 0.3 is 0 Å². The molecular weight excluding hydrogens is 248 g/mol. The predicted octanol–water partition coefficient (Wildman–Crippen LogP) is 3.81. The number of unbranched alkanes of at least 4 members (excludes halogenated alkanes) is 1. The Bertz CT molecular complexity index is 397. The molecule has 0 radical (unpaired) electrons. The van der Waals surface area contributed by atoms with Gasteiger partial charge in [0, 0.05) is 25.7 Å². The van der Waals surface area contributed by atoms with E-state index in [2.05, 4.69) is 17.2 Å². The van der Waals surface area contributed by atoms with Crippen LogP contribution in [-0.2, 0) is 0 Å². The number of hydrogen-bond acceptors (Lipinski definition) is 3. The topological polar surface area (TPSA) is 28.2 Å². The fourth-order valence-corrected chi connectivity index (χ4v) is 1.81. The zero-order chi connectivity index (χ0) is 14.3. The highest BCUT2D eigenvalue weighted by molar-refractivity contribution is 5.49. The van der Waals surface area contributed by atoms with E-state index < -0.39 is 11.6 Å². The van der Waals surface area contributed by atoms with Gasteiger partial charge in [-0.1, -0.05) is 20.3 Å². The summed E-state index contributed by atoms with van der Waals surface area (Å²) < 4.78 is 27.4. The fraction of sp³-hybridized carbons (Fsp3) is 0.643. The van der Waals surface area contributed by atoms with Gasteiger partial charge in [-0.3, -0.25) is 0 Å². The van der Waals surface area contributed by atoms with E-state index in [0.717, 1.165) is 31.9 Å². The maximum absolute atomic E-state index is 13.8. The third kappa shape index (κ3) is 4.33. The number of pyridine rings is 1. The fourth-order valence-electron chi connectivity index (χ4n) is 1.81. The van der Waals surface area contributed by atoms with Crippen molar-refractivity contribution in [2.24, 2.45) is 0 Å². The first-order valence-corrected chi connectivity index (χ1v) is 6.98. The quantitative estimate of drug-likeness (QED) is 0.779. The third-order valence-electron chi connectivity index (χ3n) is 2.92. The van der Waals surface area contributed by atoms with Crippen LogP contribution in [0.3, 0.4) is 0 Å². The summed E-state index contributed by atoms with van der Waals surface area (Å²) in [5.41, 5.74) is 0. The zero-order valence-electron chi connectivity index (χ0n) is 12.0. The van der Waals surface area contributed by atoms with Crippen LogP contribution >= 0.6 is 0 Å². The summed E-state index contributed by atoms with van der Waals surface area (Å²) in [5.74, 6) is -0.872. The monoisotopic (exact) mass is 271 g/mol. The summed E-state index contributed by atoms with van der Waals surface area (Å²) in [5, 5.41) is 2.89. The van der Waals surface area contributed by atoms with Gasteiger partial charge in [0.2, 0.25) is 0 Å². The van der Waals surface area contributed by atoms with Crippen molar-refractivity contribution in [3.05, 3.63) is 17.7 Å². The molecule has 0 spiro atoms. The van der Waals surface area contributed by atoms with Crippen LogP contribution in [0.1, 0.15) is 40.0 Å². The maximum atomic E-state index is 13.8. The average Bonchev–Trinajstić information content (AvgIpc) is 2.40. The van der Waals surface area contributed by atoms with Crippen LogP contribution in [0, 0.1) is 11.6 Å². The summed E-state index contributed by atoms with van der Waals surface area (Å²) in [4.78, 5) is 5.94. The molecule has 0 saturated heterocycles. The van der Waals surface area contributed by atoms with E-state index in [1.165, 1.54) is 0 Å². The highest BCUT2D eigenvalue weighted by Crippen LogP contribution is 2.22. The number of halogens is 2. The Hall–Kier alpha value is -1.39. The lowest BCUT2D eigenvalue weighted by Crippen LogP contribution is -2.26. The molecule has 0 saturated carbocycles. The molecule has 108 valence electrons. The van der Waals surface area contributed by atoms with E-state index in [9.17, 15) is 8.78 Å². The lowest BCUT2D eigenvalue weighted by atomic mass is 10.3. The van der Waals surface area contributed by atoms with Crippen LogP contribution in [0.4, 0.5) is 20.4 Å². The van der Waals surface area contributed by atoms with Gasteiger partial charge in [-0.15, -0.1) is 0 Å². The Morgan fingerprint density at radius 1 is 1.16 bits per heavy atom. The molecule has 1 rings (SSSR count). The SMILES string of the molecule is CCCCN(CC)c1nc(NCCC)c(F)cc1F. The standard InChI is InChI=1S/C14H23F2N3/c1-4-7-9-19(6-3)14-12(16)10-11(15)13(18-14)17-8-5-2/h10H,4-9H2,1-3H3,(H,17,18). The second kappa shape index (κ2) is 7.92. The number of nitrogens with one attached hydrogen (secondary N) is 1. The van der Waals surface area contributed by atoms with E-state index in [4.69, 9.17) is 0 Å². The van der Waals surface area contributed by atoms with Crippen LogP contribution in [0.15, 0.2) is 6.07 Å². The summed E-state index contributed by atoms with van der Waals surface area (Å²) in [6.45, 7) is 8.01. The van der Waals surface area contributed by atoms with E-state index in [1.54, 1.807) is 0 Å². The molecule has 0 aliphatic rings. The normalized spacial score (nSPS) is 10.6. The molecule has 1 aromatic heterocycles. The van der Waals surface area contributed by atoms with Crippen molar-refractivity contribution in [3.8, 4) is 0 Å². The summed E-state index contributed by atoms with van der Waals surface area (Å²) in [6.07, 6.45) is 2.85. The van der Waals surface area contributed by atoms with Gasteiger partial charge in [-0.25, -0.2) is 13.8 Å². The highest BCUT2D eigenvalue weighted by atomic mass is 19.1. The van der Waals surface area contributed by atoms with Gasteiger partial charge in [0.1, 0.15) is 0 Å². The molecule has 1 heterocycles. The molecule has 3 nitrogen and oxygen atoms in total. The van der Waals surface area contributed by atoms with Gasteiger partial charge < -0.3 is 10.2 Å². The van der Waals surface area contributed by atoms with Crippen LogP contribution in [0.25, 0.3) is 0 Å². The van der Waals surface area contributed by atoms with Gasteiger partial charge in [0.15, 0.2) is 23.3 Å². The van der Waals surface area contributed by atoms with Crippen LogP contribution in [-0.4, -0.2) is 24.6 Å². The van der Waals surface area contributed by atoms with E-state index >= 15 is 0 Å². The van der Waals surface area contributed by atoms with Crippen molar-refractivity contribution in [1.29, 1.82) is 0 Å². The van der Waals surface area contributed by atoms with Crippen LogP contribution < -0.4 is 10.2 Å². The molecule has 1 aromatic rings. The average molecular weight is 271 g/mol. The van der Waals surface area contributed by atoms with Gasteiger partial charge in [0.05, 0.1) is 0 Å².